The molecule has 3 amide bonds. The molecular weight excluding hydrogens is 717 g/mol. The van der Waals surface area contributed by atoms with Gasteiger partial charge in [0.2, 0.25) is 23.6 Å². The van der Waals surface area contributed by atoms with Gasteiger partial charge in [-0.15, -0.1) is 0 Å². The van der Waals surface area contributed by atoms with Crippen LogP contribution in [0.1, 0.15) is 60.8 Å². The Morgan fingerprint density at radius 2 is 1.40 bits per heavy atom. The Labute approximate surface area is 332 Å². The van der Waals surface area contributed by atoms with E-state index in [0.717, 1.165) is 52.9 Å². The van der Waals surface area contributed by atoms with Gasteiger partial charge in [0, 0.05) is 24.3 Å². The van der Waals surface area contributed by atoms with Gasteiger partial charge in [0.25, 0.3) is 0 Å². The third kappa shape index (κ3) is 7.58. The van der Waals surface area contributed by atoms with Gasteiger partial charge in [-0.3, -0.25) is 24.2 Å². The van der Waals surface area contributed by atoms with Crippen molar-refractivity contribution in [2.45, 2.75) is 49.9 Å². The van der Waals surface area contributed by atoms with Crippen LogP contribution in [0, 0.1) is 0 Å². The van der Waals surface area contributed by atoms with E-state index in [4.69, 9.17) is 9.40 Å². The van der Waals surface area contributed by atoms with Crippen molar-refractivity contribution in [2.24, 2.45) is 0 Å². The molecule has 0 aliphatic carbocycles. The van der Waals surface area contributed by atoms with Crippen molar-refractivity contribution in [3.05, 3.63) is 126 Å². The molecule has 0 saturated carbocycles. The molecule has 2 aliphatic rings. The fourth-order valence-electron chi connectivity index (χ4n) is 8.42. The van der Waals surface area contributed by atoms with Crippen molar-refractivity contribution in [3.8, 4) is 22.8 Å². The first-order chi connectivity index (χ1) is 27.7. The number of carbonyl (C=O) groups is 3. The fourth-order valence-corrected chi connectivity index (χ4v) is 8.42. The molecule has 292 valence electrons. The van der Waals surface area contributed by atoms with Gasteiger partial charge in [-0.05, 0) is 89.3 Å². The first kappa shape index (κ1) is 37.8. The summed E-state index contributed by atoms with van der Waals surface area (Å²) in [5.41, 5.74) is 5.47. The van der Waals surface area contributed by atoms with Gasteiger partial charge in [-0.25, -0.2) is 9.97 Å². The maximum Gasteiger partial charge on any atom is 0.247 e. The molecule has 57 heavy (non-hydrogen) atoms. The summed E-state index contributed by atoms with van der Waals surface area (Å²) in [4.78, 5) is 62.4. The van der Waals surface area contributed by atoms with Crippen molar-refractivity contribution < 1.29 is 18.8 Å². The van der Waals surface area contributed by atoms with E-state index in [9.17, 15) is 14.4 Å². The number of aromatic amines is 1. The zero-order valence-electron chi connectivity index (χ0n) is 32.8. The molecule has 2 fully saturated rings. The van der Waals surface area contributed by atoms with E-state index in [1.807, 2.05) is 146 Å². The van der Waals surface area contributed by atoms with Gasteiger partial charge >= 0.3 is 0 Å². The number of hydrogen-bond donors (Lipinski definition) is 2. The average molecular weight is 765 g/mol. The Hall–Kier alpha value is -6.11. The monoisotopic (exact) mass is 764 g/mol. The highest BCUT2D eigenvalue weighted by Gasteiger charge is 2.39. The predicted molar refractivity (Wildman–Crippen MR) is 220 cm³/mol. The van der Waals surface area contributed by atoms with E-state index in [-0.39, 0.29) is 23.8 Å². The van der Waals surface area contributed by atoms with Gasteiger partial charge in [0.1, 0.15) is 29.5 Å². The molecule has 0 bridgehead atoms. The fraction of sp³-hybridized carbons (Fsp3) is 0.311. The van der Waals surface area contributed by atoms with E-state index in [1.165, 1.54) is 0 Å². The lowest BCUT2D eigenvalue weighted by Crippen LogP contribution is -2.47. The number of fused-ring (bicyclic) bond motifs is 1. The van der Waals surface area contributed by atoms with Crippen LogP contribution in [-0.4, -0.2) is 99.6 Å². The highest BCUT2D eigenvalue weighted by atomic mass is 16.4. The molecular formula is C45H48N8O4. The molecule has 4 aromatic carbocycles. The molecule has 0 spiro atoms. The van der Waals surface area contributed by atoms with Crippen LogP contribution >= 0.6 is 0 Å². The highest BCUT2D eigenvalue weighted by molar-refractivity contribution is 5.99. The standard InChI is InChI=1S/C45H48N8O4/c1-50(2)39(29-15-7-5-8-16-29)44(55)52-25-13-23-35(52)41-48-34-22-12-21-33(38(34)49-41)43-46-28-37(57-43)31-19-11-20-32(27-31)47-42(54)36-24-14-26-53(36)45(56)40(51(3)4)30-17-9-6-10-18-30/h5-12,15-22,27-28,35-36,39-40H,13-14,23-26H2,1-4H3,(H,47,54)(H,48,49)/t35-,36-,39+,40+/m0/s1. The normalized spacial score (nSPS) is 18.1. The van der Waals surface area contributed by atoms with Gasteiger partial charge < -0.3 is 24.5 Å². The maximum absolute atomic E-state index is 14.1. The number of amides is 3. The number of benzene rings is 4. The maximum atomic E-state index is 14.1. The molecule has 4 heterocycles. The Balaban J connectivity index is 0.992. The average Bonchev–Trinajstić information content (AvgIpc) is 4.05. The number of H-pyrrole nitrogens is 1. The zero-order chi connectivity index (χ0) is 39.6. The molecule has 2 aliphatic heterocycles. The van der Waals surface area contributed by atoms with Crippen LogP contribution in [-0.2, 0) is 14.4 Å². The van der Waals surface area contributed by atoms with Gasteiger partial charge in [-0.1, -0.05) is 78.9 Å². The second kappa shape index (κ2) is 16.2. The quantitative estimate of drug-likeness (QED) is 0.143. The van der Waals surface area contributed by atoms with Crippen LogP contribution in [0.4, 0.5) is 5.69 Å². The largest absolute Gasteiger partial charge is 0.436 e. The predicted octanol–water partition coefficient (Wildman–Crippen LogP) is 7.08. The number of likely N-dealkylation sites (N-methyl/N-ethyl adjacent to an activating group) is 2. The molecule has 0 radical (unpaired) electrons. The lowest BCUT2D eigenvalue weighted by molar-refractivity contribution is -0.140. The number of oxazole rings is 1. The van der Waals surface area contributed by atoms with E-state index in [0.29, 0.717) is 42.4 Å². The second-order valence-corrected chi connectivity index (χ2v) is 15.4. The van der Waals surface area contributed by atoms with Crippen LogP contribution in [0.15, 0.2) is 114 Å². The number of nitrogens with one attached hydrogen (secondary N) is 2. The molecule has 12 nitrogen and oxygen atoms in total. The Morgan fingerprint density at radius 3 is 2.09 bits per heavy atom. The van der Waals surface area contributed by atoms with Crippen molar-refractivity contribution >= 4 is 34.4 Å². The lowest BCUT2D eigenvalue weighted by Gasteiger charge is -2.31. The molecule has 2 N–H and O–H groups in total. The highest BCUT2D eigenvalue weighted by Crippen LogP contribution is 2.37. The summed E-state index contributed by atoms with van der Waals surface area (Å²) in [5, 5.41) is 3.06. The summed E-state index contributed by atoms with van der Waals surface area (Å²) in [5.74, 6) is 1.44. The first-order valence-electron chi connectivity index (χ1n) is 19.6. The number of anilines is 1. The minimum absolute atomic E-state index is 0.0558. The summed E-state index contributed by atoms with van der Waals surface area (Å²) < 4.78 is 6.36. The molecule has 8 rings (SSSR count). The summed E-state index contributed by atoms with van der Waals surface area (Å²) in [6.45, 7) is 1.19. The molecule has 0 unspecified atom stereocenters. The summed E-state index contributed by atoms with van der Waals surface area (Å²) >= 11 is 0. The van der Waals surface area contributed by atoms with E-state index in [2.05, 4.69) is 15.3 Å². The summed E-state index contributed by atoms with van der Waals surface area (Å²) in [6.07, 6.45) is 4.72. The molecule has 2 saturated heterocycles. The van der Waals surface area contributed by atoms with E-state index in [1.54, 1.807) is 11.1 Å². The van der Waals surface area contributed by atoms with Gasteiger partial charge in [-0.2, -0.15) is 0 Å². The number of nitrogens with zero attached hydrogens (tertiary/aromatic N) is 6. The topological polar surface area (TPSA) is 131 Å². The first-order valence-corrected chi connectivity index (χ1v) is 19.6. The Morgan fingerprint density at radius 1 is 0.772 bits per heavy atom. The number of likely N-dealkylation sites (tertiary alicyclic amines) is 2. The van der Waals surface area contributed by atoms with Gasteiger partial charge in [0.05, 0.1) is 23.3 Å². The van der Waals surface area contributed by atoms with E-state index >= 15 is 0 Å². The Bertz CT molecular complexity index is 2370. The van der Waals surface area contributed by atoms with Gasteiger partial charge in [0.15, 0.2) is 5.76 Å². The van der Waals surface area contributed by atoms with Crippen LogP contribution in [0.3, 0.4) is 0 Å². The SMILES string of the molecule is CN(C)[C@@H](C(=O)N1CCC[C@H]1C(=O)Nc1cccc(-c2cnc(-c3cccc4[nH]c([C@@H]5CCCN5C(=O)[C@@H](c5ccccc5)N(C)C)nc34)o2)c1)c1ccccc1. The smallest absolute Gasteiger partial charge is 0.247 e. The minimum Gasteiger partial charge on any atom is -0.436 e. The number of aromatic nitrogens is 3. The summed E-state index contributed by atoms with van der Waals surface area (Å²) in [6, 6.07) is 31.2. The Kier molecular flexibility index (Phi) is 10.7. The summed E-state index contributed by atoms with van der Waals surface area (Å²) in [7, 11) is 7.64. The van der Waals surface area contributed by atoms with Crippen LogP contribution in [0.5, 0.6) is 0 Å². The number of hydrogen-bond acceptors (Lipinski definition) is 8. The molecule has 2 aromatic heterocycles. The third-order valence-corrected chi connectivity index (χ3v) is 11.1. The van der Waals surface area contributed by atoms with Crippen LogP contribution in [0.25, 0.3) is 33.8 Å². The zero-order valence-corrected chi connectivity index (χ0v) is 32.8. The van der Waals surface area contributed by atoms with Crippen LogP contribution < -0.4 is 5.32 Å². The second-order valence-electron chi connectivity index (χ2n) is 15.4. The third-order valence-electron chi connectivity index (χ3n) is 11.1. The lowest BCUT2D eigenvalue weighted by atomic mass is 10.0. The molecule has 12 heteroatoms. The number of carbonyl (C=O) groups excluding carboxylic acids is 3. The van der Waals surface area contributed by atoms with Crippen molar-refractivity contribution in [1.29, 1.82) is 0 Å². The number of imidazole rings is 1. The molecule has 4 atom stereocenters. The van der Waals surface area contributed by atoms with Crippen LogP contribution in [0.2, 0.25) is 0 Å². The number of rotatable bonds is 11. The molecule has 6 aromatic rings. The number of para-hydroxylation sites is 1. The van der Waals surface area contributed by atoms with Crippen molar-refractivity contribution in [3.63, 3.8) is 0 Å². The van der Waals surface area contributed by atoms with E-state index < -0.39 is 18.1 Å². The van der Waals surface area contributed by atoms with Crippen molar-refractivity contribution in [1.82, 2.24) is 34.6 Å². The minimum atomic E-state index is -0.573. The van der Waals surface area contributed by atoms with Crippen molar-refractivity contribution in [2.75, 3.05) is 46.6 Å².